The molecular weight excluding hydrogens is 356 g/mol. The van der Waals surface area contributed by atoms with Crippen LogP contribution in [0.2, 0.25) is 0 Å². The lowest BCUT2D eigenvalue weighted by molar-refractivity contribution is 0.0467. The molecule has 2 heterocycles. The Hall–Kier alpha value is -3.48. The van der Waals surface area contributed by atoms with Gasteiger partial charge in [-0.1, -0.05) is 12.1 Å². The van der Waals surface area contributed by atoms with Gasteiger partial charge in [0, 0.05) is 18.8 Å². The number of hydrogen-bond donors (Lipinski definition) is 1. The third-order valence-corrected chi connectivity index (χ3v) is 4.76. The van der Waals surface area contributed by atoms with Gasteiger partial charge in [0.1, 0.15) is 6.61 Å². The number of rotatable bonds is 4. The molecule has 0 radical (unpaired) electrons. The first-order valence-corrected chi connectivity index (χ1v) is 9.08. The summed E-state index contributed by atoms with van der Waals surface area (Å²) in [6, 6.07) is 12.7. The molecule has 0 unspecified atom stereocenters. The summed E-state index contributed by atoms with van der Waals surface area (Å²) < 4.78 is 5.45. The van der Waals surface area contributed by atoms with Gasteiger partial charge in [0.05, 0.1) is 28.0 Å². The van der Waals surface area contributed by atoms with Crippen LogP contribution in [0.1, 0.15) is 27.3 Å². The molecule has 1 aliphatic heterocycles. The summed E-state index contributed by atoms with van der Waals surface area (Å²) in [5.41, 5.74) is 5.02. The molecule has 0 bridgehead atoms. The smallest absolute Gasteiger partial charge is 0.338 e. The van der Waals surface area contributed by atoms with E-state index < -0.39 is 5.97 Å². The molecular formula is C21H20N4O3. The maximum atomic E-state index is 12.5. The zero-order chi connectivity index (χ0) is 19.7. The van der Waals surface area contributed by atoms with Crippen molar-refractivity contribution in [1.82, 2.24) is 15.3 Å². The van der Waals surface area contributed by atoms with Crippen LogP contribution in [0.25, 0.3) is 11.0 Å². The quantitative estimate of drug-likeness (QED) is 0.707. The number of nitrogens with zero attached hydrogens (tertiary/aromatic N) is 3. The summed E-state index contributed by atoms with van der Waals surface area (Å²) in [6.45, 7) is 5.01. The van der Waals surface area contributed by atoms with E-state index in [1.807, 2.05) is 38.1 Å². The van der Waals surface area contributed by atoms with Crippen molar-refractivity contribution in [3.8, 4) is 0 Å². The highest BCUT2D eigenvalue weighted by molar-refractivity contribution is 5.96. The summed E-state index contributed by atoms with van der Waals surface area (Å²) >= 11 is 0. The Morgan fingerprint density at radius 1 is 1.14 bits per heavy atom. The number of ether oxygens (including phenoxy) is 1. The number of anilines is 1. The number of esters is 1. The van der Waals surface area contributed by atoms with Crippen LogP contribution in [-0.2, 0) is 11.3 Å². The molecule has 2 amide bonds. The van der Waals surface area contributed by atoms with E-state index in [-0.39, 0.29) is 12.6 Å². The third-order valence-electron chi connectivity index (χ3n) is 4.76. The van der Waals surface area contributed by atoms with Gasteiger partial charge in [0.2, 0.25) is 0 Å². The number of hydrogen-bond acceptors (Lipinski definition) is 5. The number of carbonyl (C=O) groups is 2. The van der Waals surface area contributed by atoms with Crippen LogP contribution < -0.4 is 10.2 Å². The van der Waals surface area contributed by atoms with E-state index in [0.717, 1.165) is 28.0 Å². The second kappa shape index (κ2) is 7.26. The van der Waals surface area contributed by atoms with Crippen molar-refractivity contribution >= 4 is 28.7 Å². The average molecular weight is 376 g/mol. The normalized spacial score (nSPS) is 13.6. The first kappa shape index (κ1) is 17.9. The maximum Gasteiger partial charge on any atom is 0.338 e. The number of benzene rings is 2. The van der Waals surface area contributed by atoms with E-state index in [1.165, 1.54) is 0 Å². The molecule has 3 aromatic rings. The van der Waals surface area contributed by atoms with Gasteiger partial charge in [0.25, 0.3) is 0 Å². The highest BCUT2D eigenvalue weighted by atomic mass is 16.5. The van der Waals surface area contributed by atoms with Gasteiger partial charge in [-0.05, 0) is 49.7 Å². The number of carbonyl (C=O) groups excluding carboxylic acids is 2. The van der Waals surface area contributed by atoms with Gasteiger partial charge in [-0.3, -0.25) is 4.90 Å². The van der Waals surface area contributed by atoms with Crippen molar-refractivity contribution in [2.45, 2.75) is 20.5 Å². The fourth-order valence-electron chi connectivity index (χ4n) is 3.27. The summed E-state index contributed by atoms with van der Waals surface area (Å²) in [5.74, 6) is -0.435. The SMILES string of the molecule is Cc1cc(C(=O)OCc2nc3ccccc3nc2C)ccc1N1CCNC1=O. The van der Waals surface area contributed by atoms with Crippen LogP contribution >= 0.6 is 0 Å². The largest absolute Gasteiger partial charge is 0.456 e. The predicted molar refractivity (Wildman–Crippen MR) is 105 cm³/mol. The van der Waals surface area contributed by atoms with Crippen LogP contribution in [0, 0.1) is 13.8 Å². The molecule has 1 aromatic heterocycles. The Balaban J connectivity index is 1.49. The van der Waals surface area contributed by atoms with E-state index in [2.05, 4.69) is 15.3 Å². The molecule has 0 aliphatic carbocycles. The van der Waals surface area contributed by atoms with E-state index >= 15 is 0 Å². The second-order valence-corrected chi connectivity index (χ2v) is 6.71. The monoisotopic (exact) mass is 376 g/mol. The maximum absolute atomic E-state index is 12.5. The van der Waals surface area contributed by atoms with Crippen molar-refractivity contribution in [3.05, 3.63) is 65.0 Å². The Bertz CT molecular complexity index is 1080. The fraction of sp³-hybridized carbons (Fsp3) is 0.238. The van der Waals surface area contributed by atoms with Gasteiger partial charge in [-0.2, -0.15) is 0 Å². The minimum Gasteiger partial charge on any atom is -0.456 e. The number of urea groups is 1. The lowest BCUT2D eigenvalue weighted by Gasteiger charge is -2.17. The van der Waals surface area contributed by atoms with Crippen molar-refractivity contribution in [1.29, 1.82) is 0 Å². The lowest BCUT2D eigenvalue weighted by atomic mass is 10.1. The van der Waals surface area contributed by atoms with Gasteiger partial charge in [-0.15, -0.1) is 0 Å². The zero-order valence-electron chi connectivity index (χ0n) is 15.7. The molecule has 28 heavy (non-hydrogen) atoms. The predicted octanol–water partition coefficient (Wildman–Crippen LogP) is 3.13. The Kier molecular flexibility index (Phi) is 4.65. The molecule has 0 atom stereocenters. The van der Waals surface area contributed by atoms with Gasteiger partial charge >= 0.3 is 12.0 Å². The van der Waals surface area contributed by atoms with E-state index in [4.69, 9.17) is 4.74 Å². The first-order valence-electron chi connectivity index (χ1n) is 9.08. The zero-order valence-corrected chi connectivity index (χ0v) is 15.7. The van der Waals surface area contributed by atoms with E-state index in [0.29, 0.717) is 24.3 Å². The molecule has 7 heteroatoms. The van der Waals surface area contributed by atoms with Gasteiger partial charge < -0.3 is 10.1 Å². The fourth-order valence-corrected chi connectivity index (χ4v) is 3.27. The number of amides is 2. The van der Waals surface area contributed by atoms with Crippen molar-refractivity contribution in [2.75, 3.05) is 18.0 Å². The summed E-state index contributed by atoms with van der Waals surface area (Å²) in [4.78, 5) is 35.0. The van der Waals surface area contributed by atoms with Crippen LogP contribution in [0.4, 0.5) is 10.5 Å². The Labute approximate surface area is 162 Å². The molecule has 1 N–H and O–H groups in total. The lowest BCUT2D eigenvalue weighted by Crippen LogP contribution is -2.28. The van der Waals surface area contributed by atoms with E-state index in [9.17, 15) is 9.59 Å². The molecule has 4 rings (SSSR count). The average Bonchev–Trinajstić information content (AvgIpc) is 3.11. The van der Waals surface area contributed by atoms with Crippen LogP contribution in [0.5, 0.6) is 0 Å². The van der Waals surface area contributed by atoms with Crippen LogP contribution in [0.3, 0.4) is 0 Å². The standard InChI is InChI=1S/C21H20N4O3/c1-13-11-15(7-8-19(13)25-10-9-22-21(25)27)20(26)28-12-18-14(2)23-16-5-3-4-6-17(16)24-18/h3-8,11H,9-10,12H2,1-2H3,(H,22,27). The highest BCUT2D eigenvalue weighted by Crippen LogP contribution is 2.23. The van der Waals surface area contributed by atoms with Crippen LogP contribution in [-0.4, -0.2) is 35.1 Å². The van der Waals surface area contributed by atoms with Crippen molar-refractivity contribution in [3.63, 3.8) is 0 Å². The topological polar surface area (TPSA) is 84.4 Å². The number of fused-ring (bicyclic) bond motifs is 1. The second-order valence-electron chi connectivity index (χ2n) is 6.71. The van der Waals surface area contributed by atoms with Gasteiger partial charge in [0.15, 0.2) is 0 Å². The third kappa shape index (κ3) is 3.38. The molecule has 142 valence electrons. The molecule has 0 saturated carbocycles. The number of aromatic nitrogens is 2. The number of nitrogens with one attached hydrogen (secondary N) is 1. The molecule has 1 fully saturated rings. The summed E-state index contributed by atoms with van der Waals surface area (Å²) in [6.07, 6.45) is 0. The molecule has 1 saturated heterocycles. The molecule has 0 spiro atoms. The summed E-state index contributed by atoms with van der Waals surface area (Å²) in [7, 11) is 0. The highest BCUT2D eigenvalue weighted by Gasteiger charge is 2.23. The van der Waals surface area contributed by atoms with Gasteiger partial charge in [-0.25, -0.2) is 19.6 Å². The molecule has 1 aliphatic rings. The van der Waals surface area contributed by atoms with Crippen molar-refractivity contribution < 1.29 is 14.3 Å². The Morgan fingerprint density at radius 3 is 2.57 bits per heavy atom. The number of para-hydroxylation sites is 2. The molecule has 7 nitrogen and oxygen atoms in total. The molecule has 2 aromatic carbocycles. The Morgan fingerprint density at radius 2 is 1.89 bits per heavy atom. The minimum absolute atomic E-state index is 0.0534. The minimum atomic E-state index is -0.435. The van der Waals surface area contributed by atoms with Crippen LogP contribution in [0.15, 0.2) is 42.5 Å². The van der Waals surface area contributed by atoms with Crippen molar-refractivity contribution in [2.24, 2.45) is 0 Å². The summed E-state index contributed by atoms with van der Waals surface area (Å²) in [5, 5.41) is 2.77. The first-order chi connectivity index (χ1) is 13.5. The number of aryl methyl sites for hydroxylation is 2. The van der Waals surface area contributed by atoms with E-state index in [1.54, 1.807) is 23.1 Å².